The minimum absolute atomic E-state index is 0.101. The molecular formula is C18H18F2N2O. The van der Waals surface area contributed by atoms with Crippen LogP contribution in [0.4, 0.5) is 8.78 Å². The Morgan fingerprint density at radius 2 is 1.52 bits per heavy atom. The molecule has 0 aliphatic carbocycles. The molecule has 2 heterocycles. The summed E-state index contributed by atoms with van der Waals surface area (Å²) in [5.74, 6) is -0.495. The van der Waals surface area contributed by atoms with Crippen LogP contribution in [0.3, 0.4) is 0 Å². The van der Waals surface area contributed by atoms with Crippen molar-refractivity contribution in [3.8, 4) is 0 Å². The lowest BCUT2D eigenvalue weighted by Gasteiger charge is -2.16. The predicted molar refractivity (Wildman–Crippen MR) is 84.2 cm³/mol. The molecule has 3 nitrogen and oxygen atoms in total. The van der Waals surface area contributed by atoms with E-state index in [1.807, 2.05) is 6.07 Å². The number of benzene rings is 2. The minimum Gasteiger partial charge on any atom is -0.352 e. The van der Waals surface area contributed by atoms with E-state index in [0.29, 0.717) is 12.1 Å². The van der Waals surface area contributed by atoms with Crippen molar-refractivity contribution in [3.05, 3.63) is 70.3 Å². The Kier molecular flexibility index (Phi) is 4.67. The molecule has 0 radical (unpaired) electrons. The topological polar surface area (TPSA) is 41.1 Å². The zero-order chi connectivity index (χ0) is 16.2. The van der Waals surface area contributed by atoms with Crippen molar-refractivity contribution in [2.24, 2.45) is 0 Å². The largest absolute Gasteiger partial charge is 0.352 e. The third kappa shape index (κ3) is 3.74. The highest BCUT2D eigenvalue weighted by Gasteiger charge is 2.16. The fourth-order valence-electron chi connectivity index (χ4n) is 2.84. The van der Waals surface area contributed by atoms with E-state index >= 15 is 0 Å². The molecule has 2 N–H and O–H groups in total. The average molecular weight is 316 g/mol. The number of nitrogens with one attached hydrogen (secondary N) is 2. The number of fused-ring (bicyclic) bond motifs is 2. The monoisotopic (exact) mass is 316 g/mol. The molecule has 2 aliphatic heterocycles. The van der Waals surface area contributed by atoms with Crippen LogP contribution in [-0.4, -0.2) is 19.0 Å². The summed E-state index contributed by atoms with van der Waals surface area (Å²) in [7, 11) is 0. The molecule has 0 atom stereocenters. The van der Waals surface area contributed by atoms with Gasteiger partial charge in [-0.2, -0.15) is 0 Å². The lowest BCUT2D eigenvalue weighted by Crippen LogP contribution is -2.31. The van der Waals surface area contributed by atoms with Crippen LogP contribution in [0.15, 0.2) is 36.4 Å². The van der Waals surface area contributed by atoms with E-state index in [1.54, 1.807) is 6.07 Å². The van der Waals surface area contributed by atoms with Crippen LogP contribution in [-0.2, 0) is 19.4 Å². The van der Waals surface area contributed by atoms with Gasteiger partial charge in [0.05, 0.1) is 0 Å². The quantitative estimate of drug-likeness (QED) is 0.784. The standard InChI is InChI=1S/C9H8FNO.C9H10FN/c10-7-1-2-8-6(5-7)3-4-11-9(8)12;10-9-2-1-8-6-11-4-3-7(8)5-9/h1-2,5H,3-4H2,(H,11,12);1-2,5,11H,3-4,6H2. The fraction of sp³-hybridized carbons (Fsp3) is 0.278. The van der Waals surface area contributed by atoms with Crippen molar-refractivity contribution in [2.45, 2.75) is 19.4 Å². The van der Waals surface area contributed by atoms with E-state index in [2.05, 4.69) is 10.6 Å². The van der Waals surface area contributed by atoms with Crippen molar-refractivity contribution >= 4 is 5.91 Å². The molecule has 0 unspecified atom stereocenters. The van der Waals surface area contributed by atoms with Crippen LogP contribution in [0, 0.1) is 11.6 Å². The summed E-state index contributed by atoms with van der Waals surface area (Å²) in [5.41, 5.74) is 3.79. The molecule has 0 spiro atoms. The normalized spacial score (nSPS) is 15.7. The number of carbonyl (C=O) groups is 1. The molecule has 0 bridgehead atoms. The lowest BCUT2D eigenvalue weighted by molar-refractivity contribution is 0.0946. The molecule has 0 saturated heterocycles. The molecule has 120 valence electrons. The summed E-state index contributed by atoms with van der Waals surface area (Å²) in [6.07, 6.45) is 1.67. The number of carbonyl (C=O) groups excluding carboxylic acids is 1. The van der Waals surface area contributed by atoms with E-state index < -0.39 is 0 Å². The maximum atomic E-state index is 12.7. The van der Waals surface area contributed by atoms with Gasteiger partial charge in [0.1, 0.15) is 11.6 Å². The maximum Gasteiger partial charge on any atom is 0.251 e. The lowest BCUT2D eigenvalue weighted by atomic mass is 10.0. The van der Waals surface area contributed by atoms with Crippen molar-refractivity contribution in [1.82, 2.24) is 10.6 Å². The van der Waals surface area contributed by atoms with Gasteiger partial charge in [0.25, 0.3) is 5.91 Å². The number of hydrogen-bond acceptors (Lipinski definition) is 2. The zero-order valence-electron chi connectivity index (χ0n) is 12.7. The van der Waals surface area contributed by atoms with Gasteiger partial charge in [-0.15, -0.1) is 0 Å². The Labute approximate surface area is 133 Å². The Morgan fingerprint density at radius 1 is 0.826 bits per heavy atom. The average Bonchev–Trinajstić information content (AvgIpc) is 2.55. The van der Waals surface area contributed by atoms with Gasteiger partial charge in [0.15, 0.2) is 0 Å². The summed E-state index contributed by atoms with van der Waals surface area (Å²) >= 11 is 0. The summed E-state index contributed by atoms with van der Waals surface area (Å²) < 4.78 is 25.4. The van der Waals surface area contributed by atoms with Gasteiger partial charge < -0.3 is 10.6 Å². The first kappa shape index (κ1) is 15.6. The molecule has 4 rings (SSSR count). The van der Waals surface area contributed by atoms with Crippen molar-refractivity contribution < 1.29 is 13.6 Å². The molecule has 5 heteroatoms. The molecule has 2 aromatic carbocycles. The van der Waals surface area contributed by atoms with E-state index in [4.69, 9.17) is 0 Å². The van der Waals surface area contributed by atoms with Crippen LogP contribution in [0.2, 0.25) is 0 Å². The number of halogens is 2. The molecule has 2 aromatic rings. The minimum atomic E-state index is -0.275. The first-order valence-corrected chi connectivity index (χ1v) is 7.68. The Morgan fingerprint density at radius 3 is 2.35 bits per heavy atom. The molecule has 0 fully saturated rings. The highest BCUT2D eigenvalue weighted by molar-refractivity contribution is 5.96. The Balaban J connectivity index is 0.000000136. The van der Waals surface area contributed by atoms with Gasteiger partial charge in [0, 0.05) is 18.7 Å². The number of amides is 1. The van der Waals surface area contributed by atoms with Crippen LogP contribution in [0.25, 0.3) is 0 Å². The Hall–Kier alpha value is -2.27. The maximum absolute atomic E-state index is 12.7. The smallest absolute Gasteiger partial charge is 0.251 e. The van der Waals surface area contributed by atoms with E-state index in [1.165, 1.54) is 29.8 Å². The summed E-state index contributed by atoms with van der Waals surface area (Å²) in [6.45, 7) is 2.46. The van der Waals surface area contributed by atoms with Crippen LogP contribution in [0.1, 0.15) is 27.0 Å². The predicted octanol–water partition coefficient (Wildman–Crippen LogP) is 2.58. The van der Waals surface area contributed by atoms with Crippen LogP contribution in [0.5, 0.6) is 0 Å². The van der Waals surface area contributed by atoms with E-state index in [-0.39, 0.29) is 17.5 Å². The van der Waals surface area contributed by atoms with Gasteiger partial charge in [-0.25, -0.2) is 8.78 Å². The summed E-state index contributed by atoms with van der Waals surface area (Å²) in [6, 6.07) is 9.27. The van der Waals surface area contributed by atoms with E-state index in [9.17, 15) is 13.6 Å². The molecule has 0 saturated carbocycles. The summed E-state index contributed by atoms with van der Waals surface area (Å²) in [5, 5.41) is 5.93. The van der Waals surface area contributed by atoms with Crippen molar-refractivity contribution in [3.63, 3.8) is 0 Å². The third-order valence-corrected chi connectivity index (χ3v) is 4.05. The molecule has 23 heavy (non-hydrogen) atoms. The first-order valence-electron chi connectivity index (χ1n) is 7.68. The molecular weight excluding hydrogens is 298 g/mol. The molecule has 0 aromatic heterocycles. The second kappa shape index (κ2) is 6.87. The highest BCUT2D eigenvalue weighted by atomic mass is 19.1. The fourth-order valence-corrected chi connectivity index (χ4v) is 2.84. The second-order valence-electron chi connectivity index (χ2n) is 5.65. The summed E-state index contributed by atoms with van der Waals surface area (Å²) in [4.78, 5) is 11.2. The molecule has 2 aliphatic rings. The van der Waals surface area contributed by atoms with Crippen molar-refractivity contribution in [1.29, 1.82) is 0 Å². The van der Waals surface area contributed by atoms with Crippen molar-refractivity contribution in [2.75, 3.05) is 13.1 Å². The van der Waals surface area contributed by atoms with Gasteiger partial charge >= 0.3 is 0 Å². The van der Waals surface area contributed by atoms with Crippen LogP contribution >= 0.6 is 0 Å². The SMILES string of the molecule is Fc1ccc2c(c1)CCNC2.O=C1NCCc2cc(F)ccc21. The number of rotatable bonds is 0. The van der Waals surface area contributed by atoms with Gasteiger partial charge in [-0.3, -0.25) is 4.79 Å². The third-order valence-electron chi connectivity index (χ3n) is 4.05. The van der Waals surface area contributed by atoms with Crippen LogP contribution < -0.4 is 10.6 Å². The number of hydrogen-bond donors (Lipinski definition) is 2. The van der Waals surface area contributed by atoms with E-state index in [0.717, 1.165) is 37.1 Å². The Bertz CT molecular complexity index is 731. The zero-order valence-corrected chi connectivity index (χ0v) is 12.7. The highest BCUT2D eigenvalue weighted by Crippen LogP contribution is 2.15. The van der Waals surface area contributed by atoms with Gasteiger partial charge in [-0.05, 0) is 66.4 Å². The first-order chi connectivity index (χ1) is 11.1. The molecule has 1 amide bonds. The second-order valence-corrected chi connectivity index (χ2v) is 5.65. The van der Waals surface area contributed by atoms with Gasteiger partial charge in [0.2, 0.25) is 0 Å². The van der Waals surface area contributed by atoms with Gasteiger partial charge in [-0.1, -0.05) is 6.07 Å².